The number of nitrogens with zero attached hydrogens (tertiary/aromatic N) is 1. The van der Waals surface area contributed by atoms with Gasteiger partial charge in [-0.25, -0.2) is 0 Å². The molecule has 0 N–H and O–H groups in total. The fourth-order valence-electron chi connectivity index (χ4n) is 4.58. The Kier molecular flexibility index (Phi) is 4.56. The van der Waals surface area contributed by atoms with E-state index in [-0.39, 0.29) is 0 Å². The van der Waals surface area contributed by atoms with Gasteiger partial charge in [0.25, 0.3) is 0 Å². The van der Waals surface area contributed by atoms with Crippen LogP contribution in [0.2, 0.25) is 5.02 Å². The quantitative estimate of drug-likeness (QED) is 0.265. The Balaban J connectivity index is 1.71. The molecule has 0 amide bonds. The smallest absolute Gasteiger partial charge is 0.0546 e. The molecule has 0 saturated heterocycles. The molecule has 0 fully saturated rings. The molecule has 0 radical (unpaired) electrons. The molecule has 6 rings (SSSR count). The van der Waals surface area contributed by atoms with E-state index in [1.165, 1.54) is 44.2 Å². The average molecular weight is 430 g/mol. The summed E-state index contributed by atoms with van der Waals surface area (Å²) in [5.41, 5.74) is 8.30. The molecule has 1 heterocycles. The molecule has 6 aromatic rings. The zero-order valence-corrected chi connectivity index (χ0v) is 18.1. The van der Waals surface area contributed by atoms with Crippen molar-refractivity contribution >= 4 is 33.4 Å². The largest absolute Gasteiger partial charge is 0.309 e. The number of halogens is 1. The molecular formula is C30H20ClN. The first-order valence-electron chi connectivity index (χ1n) is 10.7. The van der Waals surface area contributed by atoms with Gasteiger partial charge in [-0.15, -0.1) is 0 Å². The maximum Gasteiger partial charge on any atom is 0.0546 e. The molecule has 1 aromatic heterocycles. The van der Waals surface area contributed by atoms with Crippen molar-refractivity contribution in [2.75, 3.05) is 0 Å². The van der Waals surface area contributed by atoms with Crippen molar-refractivity contribution in [3.05, 3.63) is 126 Å². The van der Waals surface area contributed by atoms with Crippen LogP contribution >= 0.6 is 11.6 Å². The molecule has 0 spiro atoms. The predicted molar refractivity (Wildman–Crippen MR) is 137 cm³/mol. The van der Waals surface area contributed by atoms with E-state index in [0.29, 0.717) is 0 Å². The monoisotopic (exact) mass is 429 g/mol. The molecule has 32 heavy (non-hydrogen) atoms. The molecule has 2 heteroatoms. The van der Waals surface area contributed by atoms with Gasteiger partial charge in [0, 0.05) is 21.4 Å². The van der Waals surface area contributed by atoms with Crippen LogP contribution in [-0.2, 0) is 0 Å². The van der Waals surface area contributed by atoms with Gasteiger partial charge in [0.15, 0.2) is 0 Å². The van der Waals surface area contributed by atoms with Crippen LogP contribution in [0.15, 0.2) is 121 Å². The number of para-hydroxylation sites is 2. The van der Waals surface area contributed by atoms with Gasteiger partial charge in [-0.3, -0.25) is 0 Å². The lowest BCUT2D eigenvalue weighted by atomic mass is 9.98. The highest BCUT2D eigenvalue weighted by atomic mass is 35.5. The van der Waals surface area contributed by atoms with Crippen molar-refractivity contribution in [1.82, 2.24) is 4.57 Å². The van der Waals surface area contributed by atoms with E-state index < -0.39 is 0 Å². The summed E-state index contributed by atoms with van der Waals surface area (Å²) >= 11 is 6.14. The Morgan fingerprint density at radius 2 is 1.03 bits per heavy atom. The van der Waals surface area contributed by atoms with Crippen LogP contribution in [0.4, 0.5) is 0 Å². The van der Waals surface area contributed by atoms with Crippen molar-refractivity contribution in [3.8, 4) is 27.9 Å². The number of hydrogen-bond acceptors (Lipinski definition) is 0. The molecular weight excluding hydrogens is 410 g/mol. The van der Waals surface area contributed by atoms with E-state index in [4.69, 9.17) is 11.6 Å². The molecule has 1 nitrogen and oxygen atoms in total. The Hall–Kier alpha value is -3.81. The van der Waals surface area contributed by atoms with Gasteiger partial charge in [-0.05, 0) is 47.0 Å². The van der Waals surface area contributed by atoms with Gasteiger partial charge in [-0.2, -0.15) is 0 Å². The van der Waals surface area contributed by atoms with Crippen molar-refractivity contribution in [2.45, 2.75) is 0 Å². The summed E-state index contributed by atoms with van der Waals surface area (Å²) in [7, 11) is 0. The van der Waals surface area contributed by atoms with Crippen LogP contribution in [-0.4, -0.2) is 4.57 Å². The predicted octanol–water partition coefficient (Wildman–Crippen LogP) is 8.77. The zero-order chi connectivity index (χ0) is 21.5. The number of benzene rings is 5. The first-order chi connectivity index (χ1) is 15.8. The van der Waals surface area contributed by atoms with Gasteiger partial charge in [-0.1, -0.05) is 103 Å². The van der Waals surface area contributed by atoms with Gasteiger partial charge < -0.3 is 4.57 Å². The second kappa shape index (κ2) is 7.71. The SMILES string of the molecule is Clc1ccc(-c2ccc(-c3ccccc3)c(-n3c4ccccc4c4ccccc43)c2)cc1. The summed E-state index contributed by atoms with van der Waals surface area (Å²) in [5, 5.41) is 3.27. The topological polar surface area (TPSA) is 4.93 Å². The van der Waals surface area contributed by atoms with E-state index >= 15 is 0 Å². The second-order valence-corrected chi connectivity index (χ2v) is 8.41. The number of fused-ring (bicyclic) bond motifs is 3. The number of aromatic nitrogens is 1. The molecule has 0 unspecified atom stereocenters. The van der Waals surface area contributed by atoms with E-state index in [1.54, 1.807) is 0 Å². The maximum absolute atomic E-state index is 6.14. The van der Waals surface area contributed by atoms with Crippen LogP contribution in [0.3, 0.4) is 0 Å². The van der Waals surface area contributed by atoms with Crippen LogP contribution in [0.25, 0.3) is 49.7 Å². The highest BCUT2D eigenvalue weighted by Gasteiger charge is 2.16. The van der Waals surface area contributed by atoms with Gasteiger partial charge >= 0.3 is 0 Å². The van der Waals surface area contributed by atoms with Crippen molar-refractivity contribution in [1.29, 1.82) is 0 Å². The third kappa shape index (κ3) is 3.10. The fourth-order valence-corrected chi connectivity index (χ4v) is 4.71. The molecule has 0 saturated carbocycles. The molecule has 0 atom stereocenters. The van der Waals surface area contributed by atoms with E-state index in [9.17, 15) is 0 Å². The highest BCUT2D eigenvalue weighted by Crippen LogP contribution is 2.38. The third-order valence-electron chi connectivity index (χ3n) is 6.08. The molecule has 152 valence electrons. The summed E-state index contributed by atoms with van der Waals surface area (Å²) in [6, 6.07) is 42.7. The minimum atomic E-state index is 0.747. The van der Waals surface area contributed by atoms with Crippen LogP contribution in [0.5, 0.6) is 0 Å². The molecule has 0 aliphatic carbocycles. The zero-order valence-electron chi connectivity index (χ0n) is 17.4. The second-order valence-electron chi connectivity index (χ2n) is 7.97. The third-order valence-corrected chi connectivity index (χ3v) is 6.33. The van der Waals surface area contributed by atoms with Crippen LogP contribution in [0, 0.1) is 0 Å². The number of rotatable bonds is 3. The van der Waals surface area contributed by atoms with E-state index in [2.05, 4.69) is 114 Å². The van der Waals surface area contributed by atoms with Crippen LogP contribution in [0.1, 0.15) is 0 Å². The normalized spacial score (nSPS) is 11.3. The van der Waals surface area contributed by atoms with Gasteiger partial charge in [0.2, 0.25) is 0 Å². The first-order valence-corrected chi connectivity index (χ1v) is 11.1. The summed E-state index contributed by atoms with van der Waals surface area (Å²) in [5.74, 6) is 0. The van der Waals surface area contributed by atoms with Crippen molar-refractivity contribution in [2.24, 2.45) is 0 Å². The Morgan fingerprint density at radius 3 is 1.69 bits per heavy atom. The lowest BCUT2D eigenvalue weighted by Gasteiger charge is -2.16. The minimum absolute atomic E-state index is 0.747. The summed E-state index contributed by atoms with van der Waals surface area (Å²) in [6.07, 6.45) is 0. The van der Waals surface area contributed by atoms with E-state index in [1.807, 2.05) is 12.1 Å². The molecule has 0 aliphatic heterocycles. The molecule has 0 aliphatic rings. The Labute approximate surface area is 192 Å². The highest BCUT2D eigenvalue weighted by molar-refractivity contribution is 6.30. The fraction of sp³-hybridized carbons (Fsp3) is 0. The Morgan fingerprint density at radius 1 is 0.469 bits per heavy atom. The van der Waals surface area contributed by atoms with Crippen molar-refractivity contribution < 1.29 is 0 Å². The lowest BCUT2D eigenvalue weighted by Crippen LogP contribution is -1.98. The van der Waals surface area contributed by atoms with Gasteiger partial charge in [0.05, 0.1) is 16.7 Å². The molecule has 5 aromatic carbocycles. The summed E-state index contributed by atoms with van der Waals surface area (Å²) < 4.78 is 2.40. The number of hydrogen-bond donors (Lipinski definition) is 0. The van der Waals surface area contributed by atoms with E-state index in [0.717, 1.165) is 10.6 Å². The average Bonchev–Trinajstić information content (AvgIpc) is 3.19. The van der Waals surface area contributed by atoms with Crippen LogP contribution < -0.4 is 0 Å². The molecule has 0 bridgehead atoms. The summed E-state index contributed by atoms with van der Waals surface area (Å²) in [4.78, 5) is 0. The summed E-state index contributed by atoms with van der Waals surface area (Å²) in [6.45, 7) is 0. The maximum atomic E-state index is 6.14. The standard InChI is InChI=1S/C30H20ClN/c31-24-17-14-21(15-18-24)23-16-19-25(22-8-2-1-3-9-22)30(20-23)32-28-12-6-4-10-26(28)27-11-5-7-13-29(27)32/h1-20H. The van der Waals surface area contributed by atoms with Gasteiger partial charge in [0.1, 0.15) is 0 Å². The minimum Gasteiger partial charge on any atom is -0.309 e. The first kappa shape index (κ1) is 18.9. The Bertz CT molecular complexity index is 1510. The van der Waals surface area contributed by atoms with Crippen molar-refractivity contribution in [3.63, 3.8) is 0 Å². The lowest BCUT2D eigenvalue weighted by molar-refractivity contribution is 1.18.